The molecule has 1 aromatic rings. The molecule has 0 radical (unpaired) electrons. The van der Waals surface area contributed by atoms with Crippen molar-refractivity contribution in [1.29, 1.82) is 0 Å². The third kappa shape index (κ3) is 4.10. The van der Waals surface area contributed by atoms with Crippen molar-refractivity contribution in [2.24, 2.45) is 5.92 Å². The Kier molecular flexibility index (Phi) is 4.86. The average Bonchev–Trinajstić information content (AvgIpc) is 2.39. The van der Waals surface area contributed by atoms with Crippen LogP contribution in [0.2, 0.25) is 0 Å². The highest BCUT2D eigenvalue weighted by Crippen LogP contribution is 2.33. The first-order valence-electron chi connectivity index (χ1n) is 6.97. The van der Waals surface area contributed by atoms with Crippen LogP contribution >= 0.6 is 0 Å². The molecule has 1 saturated heterocycles. The zero-order valence-corrected chi connectivity index (χ0v) is 11.6. The van der Waals surface area contributed by atoms with Crippen LogP contribution in [0.3, 0.4) is 0 Å². The quantitative estimate of drug-likeness (QED) is 0.921. The number of nitrogens with zero attached hydrogens (tertiary/aromatic N) is 2. The van der Waals surface area contributed by atoms with Crippen molar-refractivity contribution in [2.45, 2.75) is 32.5 Å². The number of nitrogens with one attached hydrogen (secondary N) is 1. The average molecular weight is 287 g/mol. The molecular formula is C14H20F3N3. The Morgan fingerprint density at radius 2 is 2.25 bits per heavy atom. The minimum Gasteiger partial charge on any atom is -0.385 e. The van der Waals surface area contributed by atoms with Crippen LogP contribution in [0.1, 0.15) is 25.5 Å². The van der Waals surface area contributed by atoms with E-state index in [0.29, 0.717) is 19.5 Å². The van der Waals surface area contributed by atoms with Gasteiger partial charge >= 0.3 is 6.18 Å². The summed E-state index contributed by atoms with van der Waals surface area (Å²) in [6.07, 6.45) is -1.56. The maximum Gasteiger partial charge on any atom is 0.393 e. The third-order valence-electron chi connectivity index (χ3n) is 3.55. The lowest BCUT2D eigenvalue weighted by atomic mass is 9.97. The highest BCUT2D eigenvalue weighted by Gasteiger charge is 2.41. The molecule has 0 aromatic carbocycles. The smallest absolute Gasteiger partial charge is 0.385 e. The van der Waals surface area contributed by atoms with Gasteiger partial charge in [-0.05, 0) is 38.4 Å². The number of hydrogen-bond donors (Lipinski definition) is 1. The predicted molar refractivity (Wildman–Crippen MR) is 72.5 cm³/mol. The summed E-state index contributed by atoms with van der Waals surface area (Å²) < 4.78 is 38.3. The molecule has 0 amide bonds. The van der Waals surface area contributed by atoms with Crippen LogP contribution in [0.15, 0.2) is 18.3 Å². The summed E-state index contributed by atoms with van der Waals surface area (Å²) in [5.41, 5.74) is 1.77. The SMILES string of the molecule is CCNc1ccnc(CN2CCCC(C(F)(F)F)C2)c1. The van der Waals surface area contributed by atoms with Crippen LogP contribution in [-0.4, -0.2) is 35.7 Å². The normalized spacial score (nSPS) is 20.9. The molecule has 0 aliphatic carbocycles. The zero-order chi connectivity index (χ0) is 14.6. The van der Waals surface area contributed by atoms with E-state index in [1.54, 1.807) is 6.20 Å². The molecule has 1 aromatic heterocycles. The molecule has 1 N–H and O–H groups in total. The summed E-state index contributed by atoms with van der Waals surface area (Å²) in [6.45, 7) is 4.07. The molecule has 20 heavy (non-hydrogen) atoms. The summed E-state index contributed by atoms with van der Waals surface area (Å²) in [5, 5.41) is 3.18. The van der Waals surface area contributed by atoms with Gasteiger partial charge in [0.1, 0.15) is 0 Å². The van der Waals surface area contributed by atoms with E-state index in [1.807, 2.05) is 24.0 Å². The van der Waals surface area contributed by atoms with Gasteiger partial charge in [0.05, 0.1) is 11.6 Å². The second-order valence-electron chi connectivity index (χ2n) is 5.18. The summed E-state index contributed by atoms with van der Waals surface area (Å²) >= 11 is 0. The molecule has 2 heterocycles. The first-order valence-corrected chi connectivity index (χ1v) is 6.97. The van der Waals surface area contributed by atoms with Crippen molar-refractivity contribution in [2.75, 3.05) is 25.0 Å². The fraction of sp³-hybridized carbons (Fsp3) is 0.643. The van der Waals surface area contributed by atoms with Crippen molar-refractivity contribution in [3.63, 3.8) is 0 Å². The maximum atomic E-state index is 12.8. The van der Waals surface area contributed by atoms with E-state index in [-0.39, 0.29) is 13.0 Å². The van der Waals surface area contributed by atoms with Crippen LogP contribution in [0.4, 0.5) is 18.9 Å². The molecule has 6 heteroatoms. The van der Waals surface area contributed by atoms with Crippen molar-refractivity contribution in [3.8, 4) is 0 Å². The lowest BCUT2D eigenvalue weighted by Gasteiger charge is -2.33. The van der Waals surface area contributed by atoms with E-state index >= 15 is 0 Å². The Morgan fingerprint density at radius 3 is 2.95 bits per heavy atom. The lowest BCUT2D eigenvalue weighted by molar-refractivity contribution is -0.187. The van der Waals surface area contributed by atoms with Crippen molar-refractivity contribution >= 4 is 5.69 Å². The largest absolute Gasteiger partial charge is 0.393 e. The zero-order valence-electron chi connectivity index (χ0n) is 11.6. The minimum absolute atomic E-state index is 0.0800. The van der Waals surface area contributed by atoms with Crippen molar-refractivity contribution in [3.05, 3.63) is 24.0 Å². The molecule has 1 unspecified atom stereocenters. The van der Waals surface area contributed by atoms with Gasteiger partial charge in [0, 0.05) is 31.5 Å². The lowest BCUT2D eigenvalue weighted by Crippen LogP contribution is -2.41. The highest BCUT2D eigenvalue weighted by molar-refractivity contribution is 5.42. The molecule has 112 valence electrons. The first kappa shape index (κ1) is 15.1. The second-order valence-corrected chi connectivity index (χ2v) is 5.18. The van der Waals surface area contributed by atoms with E-state index < -0.39 is 12.1 Å². The van der Waals surface area contributed by atoms with Crippen LogP contribution in [0.5, 0.6) is 0 Å². The second kappa shape index (κ2) is 6.43. The standard InChI is InChI=1S/C14H20F3N3/c1-2-18-12-5-6-19-13(8-12)10-20-7-3-4-11(9-20)14(15,16)17/h5-6,8,11H,2-4,7,9-10H2,1H3,(H,18,19). The number of anilines is 1. The van der Waals surface area contributed by atoms with Crippen LogP contribution in [0, 0.1) is 5.92 Å². The summed E-state index contributed by atoms with van der Waals surface area (Å²) in [7, 11) is 0. The number of hydrogen-bond acceptors (Lipinski definition) is 3. The van der Waals surface area contributed by atoms with Gasteiger partial charge in [0.25, 0.3) is 0 Å². The van der Waals surface area contributed by atoms with Crippen LogP contribution < -0.4 is 5.32 Å². The van der Waals surface area contributed by atoms with E-state index in [0.717, 1.165) is 17.9 Å². The molecule has 3 nitrogen and oxygen atoms in total. The highest BCUT2D eigenvalue weighted by atomic mass is 19.4. The first-order chi connectivity index (χ1) is 9.49. The monoisotopic (exact) mass is 287 g/mol. The van der Waals surface area contributed by atoms with Gasteiger partial charge in [-0.25, -0.2) is 0 Å². The van der Waals surface area contributed by atoms with Crippen LogP contribution in [-0.2, 0) is 6.54 Å². The molecule has 2 rings (SSSR count). The number of rotatable bonds is 4. The topological polar surface area (TPSA) is 28.2 Å². The Hall–Kier alpha value is -1.30. The van der Waals surface area contributed by atoms with Gasteiger partial charge in [-0.1, -0.05) is 0 Å². The molecule has 1 atom stereocenters. The summed E-state index contributed by atoms with van der Waals surface area (Å²) in [6, 6.07) is 3.77. The van der Waals surface area contributed by atoms with E-state index in [9.17, 15) is 13.2 Å². The number of aromatic nitrogens is 1. The maximum absolute atomic E-state index is 12.8. The van der Waals surface area contributed by atoms with Gasteiger partial charge in [0.2, 0.25) is 0 Å². The Morgan fingerprint density at radius 1 is 1.45 bits per heavy atom. The van der Waals surface area contributed by atoms with Gasteiger partial charge < -0.3 is 5.32 Å². The Balaban J connectivity index is 1.97. The summed E-state index contributed by atoms with van der Waals surface area (Å²) in [5.74, 6) is -1.20. The molecule has 1 aliphatic heterocycles. The molecule has 1 aliphatic rings. The molecule has 0 spiro atoms. The summed E-state index contributed by atoms with van der Waals surface area (Å²) in [4.78, 5) is 6.09. The Bertz CT molecular complexity index is 434. The molecular weight excluding hydrogens is 267 g/mol. The minimum atomic E-state index is -4.09. The molecule has 0 bridgehead atoms. The van der Waals surface area contributed by atoms with Crippen LogP contribution in [0.25, 0.3) is 0 Å². The van der Waals surface area contributed by atoms with Gasteiger partial charge in [0.15, 0.2) is 0 Å². The Labute approximate surface area is 117 Å². The van der Waals surface area contributed by atoms with E-state index in [1.165, 1.54) is 0 Å². The fourth-order valence-electron chi connectivity index (χ4n) is 2.57. The molecule has 0 saturated carbocycles. The van der Waals surface area contributed by atoms with E-state index in [2.05, 4.69) is 10.3 Å². The number of likely N-dealkylation sites (tertiary alicyclic amines) is 1. The third-order valence-corrected chi connectivity index (χ3v) is 3.55. The van der Waals surface area contributed by atoms with E-state index in [4.69, 9.17) is 0 Å². The number of alkyl halides is 3. The molecule has 1 fully saturated rings. The number of piperidine rings is 1. The van der Waals surface area contributed by atoms with Crippen molar-refractivity contribution in [1.82, 2.24) is 9.88 Å². The van der Waals surface area contributed by atoms with Gasteiger partial charge in [-0.15, -0.1) is 0 Å². The van der Waals surface area contributed by atoms with Gasteiger partial charge in [-0.3, -0.25) is 9.88 Å². The van der Waals surface area contributed by atoms with Gasteiger partial charge in [-0.2, -0.15) is 13.2 Å². The predicted octanol–water partition coefficient (Wildman–Crippen LogP) is 3.29. The number of pyridine rings is 1. The van der Waals surface area contributed by atoms with Crippen molar-refractivity contribution < 1.29 is 13.2 Å². The fourth-order valence-corrected chi connectivity index (χ4v) is 2.57. The number of halogens is 3.